The van der Waals surface area contributed by atoms with Crippen LogP contribution in [-0.2, 0) is 19.1 Å². The lowest BCUT2D eigenvalue weighted by atomic mass is 10.2. The van der Waals surface area contributed by atoms with Gasteiger partial charge in [-0.1, -0.05) is 13.3 Å². The molecular formula is C13H25NO4S. The first-order valence-electron chi connectivity index (χ1n) is 6.48. The molecule has 0 unspecified atom stereocenters. The summed E-state index contributed by atoms with van der Waals surface area (Å²) in [5, 5.41) is 2.56. The van der Waals surface area contributed by atoms with E-state index in [9.17, 15) is 14.4 Å². The average molecular weight is 291 g/mol. The topological polar surface area (TPSA) is 72.5 Å². The van der Waals surface area contributed by atoms with Crippen molar-refractivity contribution in [3.63, 3.8) is 0 Å². The molecule has 112 valence electrons. The van der Waals surface area contributed by atoms with Crippen LogP contribution in [-0.4, -0.2) is 43.8 Å². The van der Waals surface area contributed by atoms with Gasteiger partial charge in [-0.3, -0.25) is 9.59 Å². The number of rotatable bonds is 11. The third kappa shape index (κ3) is 22.6. The highest BCUT2D eigenvalue weighted by Crippen LogP contribution is 2.00. The first kappa shape index (κ1) is 20.3. The van der Waals surface area contributed by atoms with Gasteiger partial charge in [-0.15, -0.1) is 0 Å². The molecule has 0 heterocycles. The van der Waals surface area contributed by atoms with Gasteiger partial charge in [-0.2, -0.15) is 11.8 Å². The number of thioether (sulfide) groups is 1. The van der Waals surface area contributed by atoms with Crippen LogP contribution in [0.3, 0.4) is 0 Å². The highest BCUT2D eigenvalue weighted by atomic mass is 32.2. The van der Waals surface area contributed by atoms with Gasteiger partial charge in [0.1, 0.15) is 6.29 Å². The Kier molecular flexibility index (Phi) is 20.6. The quantitative estimate of drug-likeness (QED) is 0.357. The van der Waals surface area contributed by atoms with Gasteiger partial charge < -0.3 is 14.8 Å². The Morgan fingerprint density at radius 1 is 1.26 bits per heavy atom. The van der Waals surface area contributed by atoms with Gasteiger partial charge in [0.05, 0.1) is 13.5 Å². The number of ether oxygens (including phenoxy) is 1. The van der Waals surface area contributed by atoms with Crippen LogP contribution < -0.4 is 5.32 Å². The number of nitrogens with one attached hydrogen (secondary N) is 1. The molecule has 0 bridgehead atoms. The van der Waals surface area contributed by atoms with E-state index < -0.39 is 0 Å². The highest BCUT2D eigenvalue weighted by molar-refractivity contribution is 7.99. The molecule has 0 aromatic carbocycles. The van der Waals surface area contributed by atoms with Crippen LogP contribution in [0.4, 0.5) is 0 Å². The first-order valence-corrected chi connectivity index (χ1v) is 7.63. The molecule has 0 aliphatic rings. The molecule has 0 aromatic rings. The lowest BCUT2D eigenvalue weighted by Gasteiger charge is -1.95. The monoisotopic (exact) mass is 291 g/mol. The molecule has 0 rings (SSSR count). The first-order chi connectivity index (χ1) is 9.22. The van der Waals surface area contributed by atoms with Crippen LogP contribution in [0, 0.1) is 0 Å². The summed E-state index contributed by atoms with van der Waals surface area (Å²) in [6.07, 6.45) is 5.71. The summed E-state index contributed by atoms with van der Waals surface area (Å²) in [5.74, 6) is 1.83. The normalized spacial score (nSPS) is 8.95. The number of methoxy groups -OCH3 is 1. The Hall–Kier alpha value is -1.04. The van der Waals surface area contributed by atoms with Gasteiger partial charge >= 0.3 is 5.97 Å². The molecule has 0 aliphatic heterocycles. The predicted octanol–water partition coefficient (Wildman–Crippen LogP) is 1.79. The van der Waals surface area contributed by atoms with Crippen molar-refractivity contribution in [2.24, 2.45) is 0 Å². The third-order valence-corrected chi connectivity index (χ3v) is 3.01. The van der Waals surface area contributed by atoms with Crippen LogP contribution in [0.25, 0.3) is 0 Å². The number of hydrogen-bond acceptors (Lipinski definition) is 5. The number of aldehydes is 1. The molecule has 1 N–H and O–H groups in total. The summed E-state index contributed by atoms with van der Waals surface area (Å²) in [5.41, 5.74) is 0. The minimum absolute atomic E-state index is 0.115. The van der Waals surface area contributed by atoms with E-state index in [0.717, 1.165) is 43.6 Å². The van der Waals surface area contributed by atoms with E-state index in [1.165, 1.54) is 7.11 Å². The molecule has 0 aromatic heterocycles. The second-order valence-corrected chi connectivity index (χ2v) is 5.00. The Balaban J connectivity index is 0. The van der Waals surface area contributed by atoms with Crippen LogP contribution in [0.15, 0.2) is 0 Å². The zero-order valence-corrected chi connectivity index (χ0v) is 12.7. The smallest absolute Gasteiger partial charge is 0.306 e. The number of carbonyl (C=O) groups is 3. The second-order valence-electron chi connectivity index (χ2n) is 3.61. The van der Waals surface area contributed by atoms with E-state index in [2.05, 4.69) is 17.0 Å². The molecule has 1 amide bonds. The van der Waals surface area contributed by atoms with E-state index in [-0.39, 0.29) is 5.97 Å². The molecule has 0 aliphatic carbocycles. The summed E-state index contributed by atoms with van der Waals surface area (Å²) < 4.78 is 4.44. The zero-order valence-electron chi connectivity index (χ0n) is 11.9. The van der Waals surface area contributed by atoms with Crippen LogP contribution in [0.2, 0.25) is 0 Å². The summed E-state index contributed by atoms with van der Waals surface area (Å²) in [6.45, 7) is 2.80. The highest BCUT2D eigenvalue weighted by Gasteiger charge is 1.96. The Morgan fingerprint density at radius 2 is 2.00 bits per heavy atom. The van der Waals surface area contributed by atoms with E-state index in [1.807, 2.05) is 0 Å². The van der Waals surface area contributed by atoms with Crippen LogP contribution >= 0.6 is 11.8 Å². The minimum Gasteiger partial charge on any atom is -0.469 e. The van der Waals surface area contributed by atoms with Crippen molar-refractivity contribution in [3.05, 3.63) is 0 Å². The second kappa shape index (κ2) is 19.3. The lowest BCUT2D eigenvalue weighted by molar-refractivity contribution is -0.140. The van der Waals surface area contributed by atoms with Crippen molar-refractivity contribution in [3.8, 4) is 0 Å². The molecular weight excluding hydrogens is 266 g/mol. The molecule has 19 heavy (non-hydrogen) atoms. The largest absolute Gasteiger partial charge is 0.469 e. The van der Waals surface area contributed by atoms with Gasteiger partial charge in [0.25, 0.3) is 0 Å². The summed E-state index contributed by atoms with van der Waals surface area (Å²) in [4.78, 5) is 30.0. The van der Waals surface area contributed by atoms with Gasteiger partial charge in [0, 0.05) is 18.7 Å². The Bertz CT molecular complexity index is 213. The van der Waals surface area contributed by atoms with E-state index in [4.69, 9.17) is 0 Å². The summed E-state index contributed by atoms with van der Waals surface area (Å²) in [7, 11) is 1.42. The predicted molar refractivity (Wildman–Crippen MR) is 78.2 cm³/mol. The van der Waals surface area contributed by atoms with Crippen LogP contribution in [0.5, 0.6) is 0 Å². The molecule has 0 spiro atoms. The van der Waals surface area contributed by atoms with Crippen molar-refractivity contribution < 1.29 is 19.1 Å². The van der Waals surface area contributed by atoms with Gasteiger partial charge in [-0.05, 0) is 18.6 Å². The Labute approximate surface area is 119 Å². The molecule has 0 saturated heterocycles. The summed E-state index contributed by atoms with van der Waals surface area (Å²) >= 11 is 1.75. The van der Waals surface area contributed by atoms with Crippen LogP contribution in [0.1, 0.15) is 39.0 Å². The fourth-order valence-corrected chi connectivity index (χ4v) is 1.69. The zero-order chi connectivity index (χ0) is 14.8. The van der Waals surface area contributed by atoms with Gasteiger partial charge in [0.2, 0.25) is 6.41 Å². The van der Waals surface area contributed by atoms with E-state index in [0.29, 0.717) is 19.3 Å². The molecule has 0 saturated carbocycles. The number of carbonyl (C=O) groups excluding carboxylic acids is 3. The minimum atomic E-state index is -0.115. The van der Waals surface area contributed by atoms with Crippen molar-refractivity contribution in [1.82, 2.24) is 5.32 Å². The Morgan fingerprint density at radius 3 is 2.53 bits per heavy atom. The fraction of sp³-hybridized carbons (Fsp3) is 0.769. The SMILES string of the molecule is CCSCCC(=O)OC.O=CCCCCCNC=O. The van der Waals surface area contributed by atoms with E-state index >= 15 is 0 Å². The molecule has 0 radical (unpaired) electrons. The average Bonchev–Trinajstić information content (AvgIpc) is 2.43. The molecule has 0 fully saturated rings. The van der Waals surface area contributed by atoms with Crippen molar-refractivity contribution in [2.75, 3.05) is 25.2 Å². The summed E-state index contributed by atoms with van der Waals surface area (Å²) in [6, 6.07) is 0. The maximum atomic E-state index is 10.5. The van der Waals surface area contributed by atoms with Crippen molar-refractivity contribution in [1.29, 1.82) is 0 Å². The molecule has 6 heteroatoms. The van der Waals surface area contributed by atoms with Crippen molar-refractivity contribution in [2.45, 2.75) is 39.0 Å². The third-order valence-electron chi connectivity index (χ3n) is 2.11. The van der Waals surface area contributed by atoms with Crippen molar-refractivity contribution >= 4 is 30.4 Å². The molecule has 5 nitrogen and oxygen atoms in total. The number of amides is 1. The fourth-order valence-electron chi connectivity index (χ4n) is 1.09. The number of unbranched alkanes of at least 4 members (excludes halogenated alkanes) is 3. The van der Waals surface area contributed by atoms with E-state index in [1.54, 1.807) is 11.8 Å². The maximum Gasteiger partial charge on any atom is 0.306 e. The van der Waals surface area contributed by atoms with Gasteiger partial charge in [0.15, 0.2) is 0 Å². The number of esters is 1. The standard InChI is InChI=1S/C7H13NO2.C6H12O2S/c9-6-4-2-1-3-5-8-7-10;1-3-9-5-4-6(7)8-2/h6-7H,1-5H2,(H,8,10);3-5H2,1-2H3. The van der Waals surface area contributed by atoms with Gasteiger partial charge in [-0.25, -0.2) is 0 Å². The maximum absolute atomic E-state index is 10.5. The molecule has 0 atom stereocenters. The number of hydrogen-bond donors (Lipinski definition) is 1. The lowest BCUT2D eigenvalue weighted by Crippen LogP contribution is -2.11.